The topological polar surface area (TPSA) is 32.3 Å². The first-order chi connectivity index (χ1) is 8.97. The molecule has 19 heavy (non-hydrogen) atoms. The van der Waals surface area contributed by atoms with E-state index in [9.17, 15) is 18.3 Å². The highest BCUT2D eigenvalue weighted by Gasteiger charge is 2.30. The lowest BCUT2D eigenvalue weighted by molar-refractivity contribution is -0.137. The zero-order valence-corrected chi connectivity index (χ0v) is 10.6. The SMILES string of the molecule is OC1CCCCCC1Nc1cccc(C(F)(F)F)c1. The molecule has 0 aromatic heterocycles. The maximum absolute atomic E-state index is 12.6. The molecule has 0 heterocycles. The molecule has 2 rings (SSSR count). The first-order valence-corrected chi connectivity index (χ1v) is 6.59. The van der Waals surface area contributed by atoms with Gasteiger partial charge < -0.3 is 10.4 Å². The van der Waals surface area contributed by atoms with Crippen LogP contribution >= 0.6 is 0 Å². The van der Waals surface area contributed by atoms with Crippen molar-refractivity contribution >= 4 is 5.69 Å². The highest BCUT2D eigenvalue weighted by Crippen LogP contribution is 2.31. The van der Waals surface area contributed by atoms with Crippen molar-refractivity contribution in [3.05, 3.63) is 29.8 Å². The summed E-state index contributed by atoms with van der Waals surface area (Å²) in [4.78, 5) is 0. The molecule has 1 fully saturated rings. The molecule has 0 amide bonds. The van der Waals surface area contributed by atoms with Crippen LogP contribution in [0.15, 0.2) is 24.3 Å². The van der Waals surface area contributed by atoms with Crippen molar-refractivity contribution in [1.82, 2.24) is 0 Å². The van der Waals surface area contributed by atoms with Crippen molar-refractivity contribution in [3.63, 3.8) is 0 Å². The summed E-state index contributed by atoms with van der Waals surface area (Å²) in [5.41, 5.74) is -0.249. The van der Waals surface area contributed by atoms with Gasteiger partial charge in [0.2, 0.25) is 0 Å². The van der Waals surface area contributed by atoms with E-state index in [1.807, 2.05) is 0 Å². The van der Waals surface area contributed by atoms with Gasteiger partial charge in [-0.15, -0.1) is 0 Å². The van der Waals surface area contributed by atoms with Crippen molar-refractivity contribution in [2.45, 2.75) is 50.4 Å². The van der Waals surface area contributed by atoms with Gasteiger partial charge in [-0.25, -0.2) is 0 Å². The van der Waals surface area contributed by atoms with Crippen LogP contribution in [-0.2, 0) is 6.18 Å². The van der Waals surface area contributed by atoms with Gasteiger partial charge in [0, 0.05) is 5.69 Å². The van der Waals surface area contributed by atoms with Gasteiger partial charge in [-0.05, 0) is 31.0 Å². The molecule has 0 radical (unpaired) electrons. The van der Waals surface area contributed by atoms with Gasteiger partial charge in [-0.1, -0.05) is 25.3 Å². The van der Waals surface area contributed by atoms with E-state index in [0.29, 0.717) is 12.1 Å². The molecule has 2 atom stereocenters. The largest absolute Gasteiger partial charge is 0.416 e. The Labute approximate surface area is 110 Å². The van der Waals surface area contributed by atoms with Gasteiger partial charge in [0.1, 0.15) is 0 Å². The Morgan fingerprint density at radius 2 is 1.84 bits per heavy atom. The molecule has 1 saturated carbocycles. The monoisotopic (exact) mass is 273 g/mol. The molecule has 2 N–H and O–H groups in total. The van der Waals surface area contributed by atoms with Crippen LogP contribution in [0.2, 0.25) is 0 Å². The third-order valence-electron chi connectivity index (χ3n) is 3.52. The Balaban J connectivity index is 2.09. The van der Waals surface area contributed by atoms with E-state index in [1.165, 1.54) is 6.07 Å². The second-order valence-electron chi connectivity index (χ2n) is 5.03. The first kappa shape index (κ1) is 14.2. The average molecular weight is 273 g/mol. The van der Waals surface area contributed by atoms with Crippen molar-refractivity contribution in [2.24, 2.45) is 0 Å². The molecule has 1 aliphatic carbocycles. The summed E-state index contributed by atoms with van der Waals surface area (Å²) in [7, 11) is 0. The molecule has 0 aliphatic heterocycles. The van der Waals surface area contributed by atoms with Gasteiger partial charge in [-0.2, -0.15) is 13.2 Å². The standard InChI is InChI=1S/C14H18F3NO/c15-14(16,17)10-5-4-6-11(9-10)18-12-7-2-1-3-8-13(12)19/h4-6,9,12-13,18-19H,1-3,7-8H2. The van der Waals surface area contributed by atoms with Gasteiger partial charge in [0.25, 0.3) is 0 Å². The minimum atomic E-state index is -4.33. The highest BCUT2D eigenvalue weighted by atomic mass is 19.4. The van der Waals surface area contributed by atoms with Gasteiger partial charge in [0.05, 0.1) is 17.7 Å². The van der Waals surface area contributed by atoms with E-state index in [0.717, 1.165) is 37.8 Å². The second kappa shape index (κ2) is 5.82. The fraction of sp³-hybridized carbons (Fsp3) is 0.571. The third-order valence-corrected chi connectivity index (χ3v) is 3.52. The lowest BCUT2D eigenvalue weighted by atomic mass is 10.1. The normalized spacial score (nSPS) is 24.8. The third kappa shape index (κ3) is 3.86. The zero-order valence-electron chi connectivity index (χ0n) is 10.6. The summed E-state index contributed by atoms with van der Waals surface area (Å²) in [6.07, 6.45) is -0.293. The Morgan fingerprint density at radius 3 is 2.58 bits per heavy atom. The Bertz CT molecular complexity index is 419. The maximum Gasteiger partial charge on any atom is 0.416 e. The van der Waals surface area contributed by atoms with Crippen LogP contribution in [0, 0.1) is 0 Å². The van der Waals surface area contributed by atoms with Crippen molar-refractivity contribution in [3.8, 4) is 0 Å². The summed E-state index contributed by atoms with van der Waals surface area (Å²) in [5.74, 6) is 0. The molecule has 1 aromatic carbocycles. The number of hydrogen-bond acceptors (Lipinski definition) is 2. The fourth-order valence-corrected chi connectivity index (χ4v) is 2.46. The van der Waals surface area contributed by atoms with E-state index in [-0.39, 0.29) is 6.04 Å². The lowest BCUT2D eigenvalue weighted by Crippen LogP contribution is -2.32. The fourth-order valence-electron chi connectivity index (χ4n) is 2.46. The molecule has 2 nitrogen and oxygen atoms in total. The average Bonchev–Trinajstić information content (AvgIpc) is 2.54. The summed E-state index contributed by atoms with van der Waals surface area (Å²) in [5, 5.41) is 13.0. The molecule has 1 aromatic rings. The van der Waals surface area contributed by atoms with Crippen LogP contribution in [0.25, 0.3) is 0 Å². The predicted molar refractivity (Wildman–Crippen MR) is 67.9 cm³/mol. The molecule has 1 aliphatic rings. The maximum atomic E-state index is 12.6. The Hall–Kier alpha value is -1.23. The van der Waals surface area contributed by atoms with Gasteiger partial charge in [0.15, 0.2) is 0 Å². The Morgan fingerprint density at radius 1 is 1.11 bits per heavy atom. The quantitative estimate of drug-likeness (QED) is 0.803. The van der Waals surface area contributed by atoms with E-state index in [1.54, 1.807) is 6.07 Å². The summed E-state index contributed by atoms with van der Waals surface area (Å²) >= 11 is 0. The number of alkyl halides is 3. The molecule has 5 heteroatoms. The van der Waals surface area contributed by atoms with Crippen LogP contribution in [0.4, 0.5) is 18.9 Å². The number of anilines is 1. The Kier molecular flexibility index (Phi) is 4.34. The van der Waals surface area contributed by atoms with Crippen molar-refractivity contribution in [1.29, 1.82) is 0 Å². The molecular formula is C14H18F3NO. The minimum absolute atomic E-state index is 0.161. The molecule has 0 spiro atoms. The summed E-state index contributed by atoms with van der Waals surface area (Å²) in [6, 6.07) is 4.97. The van der Waals surface area contributed by atoms with E-state index >= 15 is 0 Å². The summed E-state index contributed by atoms with van der Waals surface area (Å²) < 4.78 is 37.8. The molecule has 0 saturated heterocycles. The minimum Gasteiger partial charge on any atom is -0.391 e. The molecule has 106 valence electrons. The predicted octanol–water partition coefficient (Wildman–Crippen LogP) is 3.81. The van der Waals surface area contributed by atoms with Gasteiger partial charge in [-0.3, -0.25) is 0 Å². The molecule has 0 bridgehead atoms. The van der Waals surface area contributed by atoms with Crippen LogP contribution in [0.5, 0.6) is 0 Å². The van der Waals surface area contributed by atoms with E-state index in [2.05, 4.69) is 5.32 Å². The van der Waals surface area contributed by atoms with E-state index < -0.39 is 17.8 Å². The highest BCUT2D eigenvalue weighted by molar-refractivity contribution is 5.47. The van der Waals surface area contributed by atoms with Gasteiger partial charge >= 0.3 is 6.18 Å². The van der Waals surface area contributed by atoms with Crippen LogP contribution in [0.3, 0.4) is 0 Å². The number of rotatable bonds is 2. The molecular weight excluding hydrogens is 255 g/mol. The van der Waals surface area contributed by atoms with E-state index in [4.69, 9.17) is 0 Å². The number of benzene rings is 1. The number of nitrogens with one attached hydrogen (secondary N) is 1. The number of hydrogen-bond donors (Lipinski definition) is 2. The van der Waals surface area contributed by atoms with Crippen molar-refractivity contribution in [2.75, 3.05) is 5.32 Å². The van der Waals surface area contributed by atoms with Crippen molar-refractivity contribution < 1.29 is 18.3 Å². The zero-order chi connectivity index (χ0) is 13.9. The van der Waals surface area contributed by atoms with Crippen LogP contribution < -0.4 is 5.32 Å². The number of halogens is 3. The number of aliphatic hydroxyl groups excluding tert-OH is 1. The van der Waals surface area contributed by atoms with Crippen LogP contribution in [0.1, 0.15) is 37.7 Å². The number of aliphatic hydroxyl groups is 1. The first-order valence-electron chi connectivity index (χ1n) is 6.59. The summed E-state index contributed by atoms with van der Waals surface area (Å²) in [6.45, 7) is 0. The lowest BCUT2D eigenvalue weighted by Gasteiger charge is -2.23. The van der Waals surface area contributed by atoms with Crippen LogP contribution in [-0.4, -0.2) is 17.3 Å². The smallest absolute Gasteiger partial charge is 0.391 e. The molecule has 2 unspecified atom stereocenters. The second-order valence-corrected chi connectivity index (χ2v) is 5.03.